The third-order valence-corrected chi connectivity index (χ3v) is 3.77. The Hall–Kier alpha value is -2.30. The zero-order valence-electron chi connectivity index (χ0n) is 11.6. The first kappa shape index (κ1) is 14.6. The molecule has 1 aliphatic rings. The van der Waals surface area contributed by atoms with Gasteiger partial charge in [-0.15, -0.1) is 0 Å². The molecule has 2 nitrogen and oxygen atoms in total. The second-order valence-electron chi connectivity index (χ2n) is 5.11. The molecule has 2 aromatic rings. The molecule has 0 saturated heterocycles. The van der Waals surface area contributed by atoms with Crippen LogP contribution in [0, 0.1) is 6.42 Å². The summed E-state index contributed by atoms with van der Waals surface area (Å²) < 4.78 is 37.9. The Morgan fingerprint density at radius 1 is 1.05 bits per heavy atom. The van der Waals surface area contributed by atoms with Crippen LogP contribution < -0.4 is 4.90 Å². The third kappa shape index (κ3) is 2.58. The van der Waals surface area contributed by atoms with Gasteiger partial charge in [-0.2, -0.15) is 13.2 Å². The Morgan fingerprint density at radius 3 is 2.41 bits per heavy atom. The highest BCUT2D eigenvalue weighted by Gasteiger charge is 2.30. The first-order valence-electron chi connectivity index (χ1n) is 6.84. The van der Waals surface area contributed by atoms with E-state index < -0.39 is 11.7 Å². The summed E-state index contributed by atoms with van der Waals surface area (Å²) in [5, 5.41) is 0. The van der Waals surface area contributed by atoms with Crippen molar-refractivity contribution in [1.29, 1.82) is 0 Å². The molecule has 5 heteroatoms. The molecule has 0 aliphatic carbocycles. The number of hydrogen-bond acceptors (Lipinski definition) is 2. The van der Waals surface area contributed by atoms with Crippen molar-refractivity contribution in [2.75, 3.05) is 11.4 Å². The fraction of sp³-hybridized carbons (Fsp3) is 0.176. The molecule has 0 spiro atoms. The lowest BCUT2D eigenvalue weighted by atomic mass is 9.96. The van der Waals surface area contributed by atoms with Crippen molar-refractivity contribution in [3.63, 3.8) is 0 Å². The van der Waals surface area contributed by atoms with Gasteiger partial charge >= 0.3 is 6.18 Å². The molecule has 0 amide bonds. The molecular weight excluding hydrogens is 291 g/mol. The molecule has 22 heavy (non-hydrogen) atoms. The van der Waals surface area contributed by atoms with Gasteiger partial charge in [-0.25, -0.2) is 0 Å². The van der Waals surface area contributed by atoms with Crippen LogP contribution in [0.3, 0.4) is 0 Å². The van der Waals surface area contributed by atoms with E-state index in [1.807, 2.05) is 17.4 Å². The van der Waals surface area contributed by atoms with E-state index in [1.165, 1.54) is 12.1 Å². The van der Waals surface area contributed by atoms with Gasteiger partial charge in [0, 0.05) is 23.5 Å². The highest BCUT2D eigenvalue weighted by atomic mass is 19.4. The molecule has 0 unspecified atom stereocenters. The van der Waals surface area contributed by atoms with E-state index in [9.17, 15) is 18.0 Å². The molecule has 3 rings (SSSR count). The number of fused-ring (bicyclic) bond motifs is 1. The topological polar surface area (TPSA) is 20.3 Å². The van der Waals surface area contributed by atoms with Crippen molar-refractivity contribution in [1.82, 2.24) is 0 Å². The number of carbonyl (C=O) groups excluding carboxylic acids is 1. The van der Waals surface area contributed by atoms with Crippen molar-refractivity contribution in [3.8, 4) is 0 Å². The molecule has 0 saturated carbocycles. The Balaban J connectivity index is 1.99. The second kappa shape index (κ2) is 5.48. The maximum Gasteiger partial charge on any atom is 0.416 e. The van der Waals surface area contributed by atoms with Crippen LogP contribution in [0.4, 0.5) is 24.5 Å². The summed E-state index contributed by atoms with van der Waals surface area (Å²) in [5.41, 5.74) is 2.40. The molecule has 113 valence electrons. The predicted molar refractivity (Wildman–Crippen MR) is 78.3 cm³/mol. The Kier molecular flexibility index (Phi) is 3.64. The Morgan fingerprint density at radius 2 is 1.77 bits per heavy atom. The van der Waals surface area contributed by atoms with Gasteiger partial charge < -0.3 is 4.90 Å². The minimum atomic E-state index is -4.34. The summed E-state index contributed by atoms with van der Waals surface area (Å²) in [7, 11) is 0. The SMILES string of the molecule is O=Cc1cccc2c1C[CH]CN2c1ccc(C(F)(F)F)cc1. The number of nitrogens with zero attached hydrogens (tertiary/aromatic N) is 1. The van der Waals surface area contributed by atoms with Crippen LogP contribution in [-0.4, -0.2) is 12.8 Å². The molecule has 0 aromatic heterocycles. The summed E-state index contributed by atoms with van der Waals surface area (Å²) in [6.45, 7) is 0.598. The van der Waals surface area contributed by atoms with Gasteiger partial charge in [0.1, 0.15) is 6.29 Å². The first-order valence-corrected chi connectivity index (χ1v) is 6.84. The average molecular weight is 304 g/mol. The molecule has 1 heterocycles. The number of aldehydes is 1. The van der Waals surface area contributed by atoms with E-state index in [0.29, 0.717) is 24.2 Å². The first-order chi connectivity index (χ1) is 10.5. The smallest absolute Gasteiger partial charge is 0.341 e. The van der Waals surface area contributed by atoms with E-state index in [2.05, 4.69) is 0 Å². The standard InChI is InChI=1S/C17H13F3NO/c18-17(19,20)13-6-8-14(9-7-13)21-10-2-4-15-12(11-22)3-1-5-16(15)21/h1-3,5-9,11H,4,10H2. The number of anilines is 2. The Bertz CT molecular complexity index is 692. The molecule has 1 aliphatic heterocycles. The minimum Gasteiger partial charge on any atom is -0.341 e. The molecule has 1 radical (unpaired) electrons. The predicted octanol–water partition coefficient (Wildman–Crippen LogP) is 4.42. The van der Waals surface area contributed by atoms with Gasteiger partial charge in [-0.1, -0.05) is 12.1 Å². The molecule has 0 bridgehead atoms. The van der Waals surface area contributed by atoms with Crippen LogP contribution in [0.25, 0.3) is 0 Å². The van der Waals surface area contributed by atoms with E-state index >= 15 is 0 Å². The Labute approximate surface area is 126 Å². The molecule has 0 N–H and O–H groups in total. The highest BCUT2D eigenvalue weighted by molar-refractivity contribution is 5.83. The zero-order chi connectivity index (χ0) is 15.7. The van der Waals surface area contributed by atoms with Crippen LogP contribution in [0.1, 0.15) is 21.5 Å². The molecule has 0 atom stereocenters. The van der Waals surface area contributed by atoms with Crippen molar-refractivity contribution < 1.29 is 18.0 Å². The monoisotopic (exact) mass is 304 g/mol. The highest BCUT2D eigenvalue weighted by Crippen LogP contribution is 2.36. The third-order valence-electron chi connectivity index (χ3n) is 3.77. The lowest BCUT2D eigenvalue weighted by Gasteiger charge is -2.32. The summed E-state index contributed by atoms with van der Waals surface area (Å²) in [4.78, 5) is 13.0. The molecule has 0 fully saturated rings. The average Bonchev–Trinajstić information content (AvgIpc) is 2.53. The van der Waals surface area contributed by atoms with Crippen molar-refractivity contribution in [2.45, 2.75) is 12.6 Å². The van der Waals surface area contributed by atoms with Crippen LogP contribution in [0.2, 0.25) is 0 Å². The second-order valence-corrected chi connectivity index (χ2v) is 5.11. The number of halogens is 3. The number of carbonyl (C=O) groups is 1. The van der Waals surface area contributed by atoms with Crippen molar-refractivity contribution in [2.24, 2.45) is 0 Å². The van der Waals surface area contributed by atoms with Crippen LogP contribution >= 0.6 is 0 Å². The summed E-state index contributed by atoms with van der Waals surface area (Å²) >= 11 is 0. The lowest BCUT2D eigenvalue weighted by Crippen LogP contribution is -2.25. The van der Waals surface area contributed by atoms with Gasteiger partial charge in [0.15, 0.2) is 0 Å². The van der Waals surface area contributed by atoms with E-state index in [1.54, 1.807) is 12.1 Å². The van der Waals surface area contributed by atoms with Crippen LogP contribution in [0.15, 0.2) is 42.5 Å². The minimum absolute atomic E-state index is 0.598. The number of alkyl halides is 3. The number of rotatable bonds is 2. The van der Waals surface area contributed by atoms with E-state index in [-0.39, 0.29) is 0 Å². The van der Waals surface area contributed by atoms with E-state index in [4.69, 9.17) is 0 Å². The van der Waals surface area contributed by atoms with E-state index in [0.717, 1.165) is 29.7 Å². The summed E-state index contributed by atoms with van der Waals surface area (Å²) in [5.74, 6) is 0. The van der Waals surface area contributed by atoms with Crippen LogP contribution in [-0.2, 0) is 12.6 Å². The number of hydrogen-bond donors (Lipinski definition) is 0. The number of benzene rings is 2. The quantitative estimate of drug-likeness (QED) is 0.766. The normalized spacial score (nSPS) is 14.6. The van der Waals surface area contributed by atoms with Gasteiger partial charge in [-0.05, 0) is 48.7 Å². The van der Waals surface area contributed by atoms with Crippen molar-refractivity contribution >= 4 is 17.7 Å². The molecule has 2 aromatic carbocycles. The fourth-order valence-electron chi connectivity index (χ4n) is 2.69. The van der Waals surface area contributed by atoms with Gasteiger partial charge in [0.05, 0.1) is 5.56 Å². The maximum atomic E-state index is 12.6. The summed E-state index contributed by atoms with van der Waals surface area (Å²) in [6, 6.07) is 10.5. The van der Waals surface area contributed by atoms with Gasteiger partial charge in [-0.3, -0.25) is 4.79 Å². The fourth-order valence-corrected chi connectivity index (χ4v) is 2.69. The van der Waals surface area contributed by atoms with Gasteiger partial charge in [0.2, 0.25) is 0 Å². The largest absolute Gasteiger partial charge is 0.416 e. The van der Waals surface area contributed by atoms with Gasteiger partial charge in [0.25, 0.3) is 0 Å². The summed E-state index contributed by atoms with van der Waals surface area (Å²) in [6.07, 6.45) is -0.841. The lowest BCUT2D eigenvalue weighted by molar-refractivity contribution is -0.137. The van der Waals surface area contributed by atoms with Crippen LogP contribution in [0.5, 0.6) is 0 Å². The van der Waals surface area contributed by atoms with Crippen molar-refractivity contribution in [3.05, 3.63) is 65.6 Å². The molecular formula is C17H13F3NO. The maximum absolute atomic E-state index is 12.6. The zero-order valence-corrected chi connectivity index (χ0v) is 11.6.